The van der Waals surface area contributed by atoms with E-state index in [2.05, 4.69) is 10.2 Å². The molecule has 0 N–H and O–H groups in total. The molecule has 2 nitrogen and oxygen atoms in total. The molecular weight excluding hydrogens is 100 g/mol. The van der Waals surface area contributed by atoms with E-state index < -0.39 is 0 Å². The van der Waals surface area contributed by atoms with E-state index in [1.807, 2.05) is 20.8 Å². The van der Waals surface area contributed by atoms with Crippen LogP contribution < -0.4 is 0 Å². The third-order valence-electron chi connectivity index (χ3n) is 0.539. The van der Waals surface area contributed by atoms with Crippen LogP contribution in [0.4, 0.5) is 0 Å². The van der Waals surface area contributed by atoms with E-state index in [9.17, 15) is 0 Å². The summed E-state index contributed by atoms with van der Waals surface area (Å²) in [6, 6.07) is 0. The molecule has 0 heterocycles. The van der Waals surface area contributed by atoms with Crippen LogP contribution in [0.5, 0.6) is 0 Å². The Hall–Kier alpha value is -0.660. The summed E-state index contributed by atoms with van der Waals surface area (Å²) in [6.07, 6.45) is 1.75. The Morgan fingerprint density at radius 1 is 1.50 bits per heavy atom. The fourth-order valence-corrected chi connectivity index (χ4v) is 0.238. The molecule has 46 valence electrons. The first-order valence-electron chi connectivity index (χ1n) is 2.77. The number of hydrogen-bond donors (Lipinski definition) is 0. The Bertz CT molecular complexity index is 99.1. The number of hydrogen-bond acceptors (Lipinski definition) is 2. The van der Waals surface area contributed by atoms with Crippen molar-refractivity contribution in [2.45, 2.75) is 20.8 Å². The molecule has 2 heteroatoms. The van der Waals surface area contributed by atoms with Crippen molar-refractivity contribution in [3.05, 3.63) is 11.8 Å². The lowest BCUT2D eigenvalue weighted by atomic mass is 10.4. The van der Waals surface area contributed by atoms with Crippen LogP contribution in [0.3, 0.4) is 0 Å². The van der Waals surface area contributed by atoms with Crippen LogP contribution in [0.15, 0.2) is 22.0 Å². The van der Waals surface area contributed by atoms with Crippen LogP contribution in [0, 0.1) is 0 Å². The highest BCUT2D eigenvalue weighted by molar-refractivity contribution is 4.89. The minimum atomic E-state index is 0.768. The second-order valence-corrected chi connectivity index (χ2v) is 1.78. The monoisotopic (exact) mass is 112 g/mol. The van der Waals surface area contributed by atoms with E-state index in [-0.39, 0.29) is 0 Å². The van der Waals surface area contributed by atoms with Gasteiger partial charge in [0.1, 0.15) is 0 Å². The molecule has 0 saturated heterocycles. The maximum absolute atomic E-state index is 3.76. The molecule has 0 aromatic rings. The van der Waals surface area contributed by atoms with Gasteiger partial charge >= 0.3 is 0 Å². The maximum atomic E-state index is 3.76. The Labute approximate surface area is 50.3 Å². The SMILES string of the molecule is CCN=NC=C(C)C. The van der Waals surface area contributed by atoms with Gasteiger partial charge in [-0.25, -0.2) is 0 Å². The van der Waals surface area contributed by atoms with Gasteiger partial charge in [0.05, 0.1) is 6.54 Å². The zero-order valence-electron chi connectivity index (χ0n) is 5.68. The molecule has 0 aliphatic carbocycles. The lowest BCUT2D eigenvalue weighted by Gasteiger charge is -1.79. The highest BCUT2D eigenvalue weighted by Gasteiger charge is 1.69. The Morgan fingerprint density at radius 2 is 2.12 bits per heavy atom. The summed E-state index contributed by atoms with van der Waals surface area (Å²) < 4.78 is 0. The Kier molecular flexibility index (Phi) is 4.13. The molecule has 0 saturated carbocycles. The van der Waals surface area contributed by atoms with Crippen molar-refractivity contribution in [2.75, 3.05) is 6.54 Å². The zero-order valence-corrected chi connectivity index (χ0v) is 5.68. The molecule has 0 bridgehead atoms. The molecule has 0 aliphatic heterocycles. The fourth-order valence-electron chi connectivity index (χ4n) is 0.238. The van der Waals surface area contributed by atoms with Crippen LogP contribution in [0.1, 0.15) is 20.8 Å². The summed E-state index contributed by atoms with van der Waals surface area (Å²) in [7, 11) is 0. The largest absolute Gasteiger partial charge is 0.190 e. The van der Waals surface area contributed by atoms with E-state index >= 15 is 0 Å². The molecule has 0 aliphatic rings. The van der Waals surface area contributed by atoms with Gasteiger partial charge in [0.15, 0.2) is 0 Å². The summed E-state index contributed by atoms with van der Waals surface area (Å²) in [4.78, 5) is 0. The average Bonchev–Trinajstić information content (AvgIpc) is 1.66. The predicted octanol–water partition coefficient (Wildman–Crippen LogP) is 2.38. The third-order valence-corrected chi connectivity index (χ3v) is 0.539. The Balaban J connectivity index is 3.42. The van der Waals surface area contributed by atoms with Gasteiger partial charge in [-0.05, 0) is 20.8 Å². The topological polar surface area (TPSA) is 24.7 Å². The van der Waals surface area contributed by atoms with Gasteiger partial charge in [-0.3, -0.25) is 0 Å². The van der Waals surface area contributed by atoms with Crippen molar-refractivity contribution in [1.29, 1.82) is 0 Å². The molecular formula is C6H12N2. The first-order valence-corrected chi connectivity index (χ1v) is 2.77. The minimum Gasteiger partial charge on any atom is -0.190 e. The molecule has 0 radical (unpaired) electrons. The van der Waals surface area contributed by atoms with Crippen molar-refractivity contribution < 1.29 is 0 Å². The van der Waals surface area contributed by atoms with Crippen LogP contribution in [-0.2, 0) is 0 Å². The molecule has 0 fully saturated rings. The second-order valence-electron chi connectivity index (χ2n) is 1.78. The fraction of sp³-hybridized carbons (Fsp3) is 0.667. The van der Waals surface area contributed by atoms with Gasteiger partial charge in [-0.1, -0.05) is 5.57 Å². The number of allylic oxidation sites excluding steroid dienone is 1. The zero-order chi connectivity index (χ0) is 6.41. The quantitative estimate of drug-likeness (QED) is 0.490. The smallest absolute Gasteiger partial charge is 0.0574 e. The molecule has 0 aromatic heterocycles. The predicted molar refractivity (Wildman–Crippen MR) is 34.8 cm³/mol. The second kappa shape index (κ2) is 4.50. The summed E-state index contributed by atoms with van der Waals surface area (Å²) in [5, 5.41) is 7.51. The van der Waals surface area contributed by atoms with Gasteiger partial charge in [0.25, 0.3) is 0 Å². The molecule has 0 aromatic carbocycles. The lowest BCUT2D eigenvalue weighted by molar-refractivity contribution is 0.995. The molecule has 0 atom stereocenters. The van der Waals surface area contributed by atoms with Gasteiger partial charge in [0, 0.05) is 6.20 Å². The van der Waals surface area contributed by atoms with Crippen LogP contribution >= 0.6 is 0 Å². The van der Waals surface area contributed by atoms with Crippen molar-refractivity contribution in [3.8, 4) is 0 Å². The molecule has 0 spiro atoms. The van der Waals surface area contributed by atoms with Gasteiger partial charge in [0.2, 0.25) is 0 Å². The maximum Gasteiger partial charge on any atom is 0.0574 e. The first kappa shape index (κ1) is 7.34. The summed E-state index contributed by atoms with van der Waals surface area (Å²) in [5.41, 5.74) is 1.18. The van der Waals surface area contributed by atoms with E-state index in [0.29, 0.717) is 0 Å². The van der Waals surface area contributed by atoms with Gasteiger partial charge in [-0.15, -0.1) is 0 Å². The minimum absolute atomic E-state index is 0.768. The number of azo groups is 1. The van der Waals surface area contributed by atoms with Crippen molar-refractivity contribution in [3.63, 3.8) is 0 Å². The third kappa shape index (κ3) is 5.34. The van der Waals surface area contributed by atoms with E-state index in [4.69, 9.17) is 0 Å². The lowest BCUT2D eigenvalue weighted by Crippen LogP contribution is -1.62. The van der Waals surface area contributed by atoms with Crippen LogP contribution in [-0.4, -0.2) is 6.54 Å². The van der Waals surface area contributed by atoms with Crippen molar-refractivity contribution in [2.24, 2.45) is 10.2 Å². The standard InChI is InChI=1S/C6H12N2/c1-4-7-8-5-6(2)3/h5H,4H2,1-3H3. The van der Waals surface area contributed by atoms with Gasteiger partial charge in [-0.2, -0.15) is 10.2 Å². The first-order chi connectivity index (χ1) is 3.77. The van der Waals surface area contributed by atoms with Crippen LogP contribution in [0.25, 0.3) is 0 Å². The molecule has 0 rings (SSSR count). The van der Waals surface area contributed by atoms with E-state index in [1.54, 1.807) is 6.20 Å². The van der Waals surface area contributed by atoms with Crippen molar-refractivity contribution >= 4 is 0 Å². The average molecular weight is 112 g/mol. The van der Waals surface area contributed by atoms with Crippen LogP contribution in [0.2, 0.25) is 0 Å². The highest BCUT2D eigenvalue weighted by Crippen LogP contribution is 1.88. The number of nitrogens with zero attached hydrogens (tertiary/aromatic N) is 2. The Morgan fingerprint density at radius 3 is 2.50 bits per heavy atom. The summed E-state index contributed by atoms with van der Waals surface area (Å²) >= 11 is 0. The normalized spacial score (nSPS) is 9.88. The number of rotatable bonds is 2. The van der Waals surface area contributed by atoms with Crippen molar-refractivity contribution in [1.82, 2.24) is 0 Å². The summed E-state index contributed by atoms with van der Waals surface area (Å²) in [6.45, 7) is 6.72. The summed E-state index contributed by atoms with van der Waals surface area (Å²) in [5.74, 6) is 0. The highest BCUT2D eigenvalue weighted by atomic mass is 15.1. The van der Waals surface area contributed by atoms with Gasteiger partial charge < -0.3 is 0 Å². The van der Waals surface area contributed by atoms with E-state index in [1.165, 1.54) is 5.57 Å². The molecule has 8 heavy (non-hydrogen) atoms. The molecule has 0 amide bonds. The van der Waals surface area contributed by atoms with E-state index in [0.717, 1.165) is 6.54 Å². The molecule has 0 unspecified atom stereocenters.